The first-order valence-electron chi connectivity index (χ1n) is 12.3. The number of halogens is 2. The van der Waals surface area contributed by atoms with Gasteiger partial charge in [-0.15, -0.1) is 0 Å². The molecule has 3 heterocycles. The molecule has 0 aliphatic heterocycles. The molecule has 10 nitrogen and oxygen atoms in total. The van der Waals surface area contributed by atoms with Crippen LogP contribution < -0.4 is 14.8 Å². The number of nitrogens with one attached hydrogen (secondary N) is 2. The minimum absolute atomic E-state index is 0. The number of hydrogen-bond donors (Lipinski definition) is 2. The van der Waals surface area contributed by atoms with Gasteiger partial charge in [0, 0.05) is 31.0 Å². The van der Waals surface area contributed by atoms with E-state index in [-0.39, 0.29) is 13.0 Å². The number of methoxy groups -OCH3 is 1. The van der Waals surface area contributed by atoms with Crippen molar-refractivity contribution in [3.05, 3.63) is 66.1 Å². The van der Waals surface area contributed by atoms with Gasteiger partial charge in [-0.2, -0.15) is 0 Å². The average Bonchev–Trinajstić information content (AvgIpc) is 3.17. The fourth-order valence-electron chi connectivity index (χ4n) is 3.59. The lowest BCUT2D eigenvalue weighted by Gasteiger charge is -2.19. The van der Waals surface area contributed by atoms with Gasteiger partial charge in [0.1, 0.15) is 33.5 Å². The van der Waals surface area contributed by atoms with Crippen LogP contribution in [0.4, 0.5) is 25.1 Å². The molecule has 4 rings (SSSR count). The number of sulfonamides is 1. The number of carbonyl (C=O) groups excluding carboxylic acids is 1. The molecule has 3 aromatic heterocycles. The molecule has 4 aromatic rings. The van der Waals surface area contributed by atoms with E-state index in [1.54, 1.807) is 50.4 Å². The van der Waals surface area contributed by atoms with Gasteiger partial charge in [0.2, 0.25) is 5.88 Å². The number of aryl methyl sites for hydroxylation is 1. The number of fused-ring (bicyclic) bond motifs is 1. The standard InChI is InChI=1S/C25H25F2N5O5S.C2H6.H2/c1-14-22(30-24(33)37-25(2,3)4)29-21-9-6-15(13-32(14)21)16-10-19(23(36-5)28-12-16)31-38(34,35)20-8-7-17(26)11-18(20)27;1-2;/h6-13,31H,1-5H3,(H,30,33);1-2H3;1H. The molecular formula is C27H33F2N5O5S. The van der Waals surface area contributed by atoms with E-state index in [0.29, 0.717) is 34.4 Å². The minimum atomic E-state index is -4.43. The van der Waals surface area contributed by atoms with Crippen molar-refractivity contribution in [2.24, 2.45) is 0 Å². The maximum atomic E-state index is 14.2. The van der Waals surface area contributed by atoms with Gasteiger partial charge in [-0.25, -0.2) is 32.0 Å². The van der Waals surface area contributed by atoms with E-state index in [4.69, 9.17) is 9.47 Å². The zero-order valence-corrected chi connectivity index (χ0v) is 24.0. The molecule has 40 heavy (non-hydrogen) atoms. The molecule has 1 aromatic carbocycles. The SMILES string of the molecule is CC.COc1ncc(-c2ccc3nc(NC(=O)OC(C)(C)C)c(C)n3c2)cc1NS(=O)(=O)c1ccc(F)cc1F.[HH]. The van der Waals surface area contributed by atoms with Crippen molar-refractivity contribution in [1.29, 1.82) is 0 Å². The molecule has 0 aliphatic rings. The third-order valence-electron chi connectivity index (χ3n) is 5.28. The number of rotatable bonds is 6. The van der Waals surface area contributed by atoms with Gasteiger partial charge < -0.3 is 13.9 Å². The van der Waals surface area contributed by atoms with Crippen molar-refractivity contribution in [1.82, 2.24) is 14.4 Å². The van der Waals surface area contributed by atoms with Crippen molar-refractivity contribution < 1.29 is 32.9 Å². The number of ether oxygens (including phenoxy) is 2. The maximum absolute atomic E-state index is 14.2. The van der Waals surface area contributed by atoms with Crippen LogP contribution >= 0.6 is 0 Å². The van der Waals surface area contributed by atoms with Crippen LogP contribution in [0.3, 0.4) is 0 Å². The van der Waals surface area contributed by atoms with E-state index in [2.05, 4.69) is 20.0 Å². The van der Waals surface area contributed by atoms with E-state index in [1.165, 1.54) is 19.4 Å². The van der Waals surface area contributed by atoms with Gasteiger partial charge in [0.25, 0.3) is 10.0 Å². The molecule has 0 saturated carbocycles. The molecule has 0 atom stereocenters. The van der Waals surface area contributed by atoms with Crippen LogP contribution in [-0.2, 0) is 14.8 Å². The van der Waals surface area contributed by atoms with E-state index in [0.717, 1.165) is 12.1 Å². The largest absolute Gasteiger partial charge is 0.480 e. The Balaban J connectivity index is 0.00000192. The number of amides is 1. The van der Waals surface area contributed by atoms with Crippen molar-refractivity contribution in [2.75, 3.05) is 17.1 Å². The molecule has 0 unspecified atom stereocenters. The van der Waals surface area contributed by atoms with Gasteiger partial charge in [-0.05, 0) is 58.0 Å². The Morgan fingerprint density at radius 3 is 2.40 bits per heavy atom. The van der Waals surface area contributed by atoms with Crippen LogP contribution in [-0.4, -0.2) is 41.6 Å². The van der Waals surface area contributed by atoms with Gasteiger partial charge in [0.15, 0.2) is 5.82 Å². The summed E-state index contributed by atoms with van der Waals surface area (Å²) >= 11 is 0. The quantitative estimate of drug-likeness (QED) is 0.271. The summed E-state index contributed by atoms with van der Waals surface area (Å²) in [6, 6.07) is 7.08. The number of benzene rings is 1. The van der Waals surface area contributed by atoms with E-state index in [9.17, 15) is 22.0 Å². The summed E-state index contributed by atoms with van der Waals surface area (Å²) in [6.07, 6.45) is 2.57. The lowest BCUT2D eigenvalue weighted by atomic mass is 10.1. The monoisotopic (exact) mass is 577 g/mol. The van der Waals surface area contributed by atoms with Crippen LogP contribution in [0.5, 0.6) is 5.88 Å². The molecule has 0 radical (unpaired) electrons. The van der Waals surface area contributed by atoms with Gasteiger partial charge in [-0.3, -0.25) is 10.0 Å². The second-order valence-corrected chi connectivity index (χ2v) is 10.9. The van der Waals surface area contributed by atoms with Gasteiger partial charge in [-0.1, -0.05) is 13.8 Å². The third kappa shape index (κ3) is 6.84. The Morgan fingerprint density at radius 2 is 1.77 bits per heavy atom. The second-order valence-electron chi connectivity index (χ2n) is 9.28. The number of nitrogens with zero attached hydrogens (tertiary/aromatic N) is 3. The Bertz CT molecular complexity index is 1660. The van der Waals surface area contributed by atoms with E-state index >= 15 is 0 Å². The van der Waals surface area contributed by atoms with Crippen molar-refractivity contribution in [3.8, 4) is 17.0 Å². The molecule has 0 aliphatic carbocycles. The summed E-state index contributed by atoms with van der Waals surface area (Å²) in [6.45, 7) is 11.0. The normalized spacial score (nSPS) is 11.4. The number of carbonyl (C=O) groups is 1. The summed E-state index contributed by atoms with van der Waals surface area (Å²) in [7, 11) is -3.13. The predicted octanol–water partition coefficient (Wildman–Crippen LogP) is 6.41. The first kappa shape index (κ1) is 30.3. The number of imidazole rings is 1. The fourth-order valence-corrected chi connectivity index (χ4v) is 4.70. The first-order valence-corrected chi connectivity index (χ1v) is 13.8. The summed E-state index contributed by atoms with van der Waals surface area (Å²) in [5.74, 6) is -1.88. The van der Waals surface area contributed by atoms with Crippen LogP contribution in [0, 0.1) is 18.6 Å². The topological polar surface area (TPSA) is 124 Å². The molecule has 13 heteroatoms. The van der Waals surface area contributed by atoms with Crippen LogP contribution in [0.2, 0.25) is 0 Å². The summed E-state index contributed by atoms with van der Waals surface area (Å²) < 4.78 is 67.6. The fraction of sp³-hybridized carbons (Fsp3) is 0.296. The highest BCUT2D eigenvalue weighted by Gasteiger charge is 2.23. The lowest BCUT2D eigenvalue weighted by molar-refractivity contribution is 0.0635. The molecule has 216 valence electrons. The number of anilines is 2. The van der Waals surface area contributed by atoms with Gasteiger partial charge >= 0.3 is 6.09 Å². The summed E-state index contributed by atoms with van der Waals surface area (Å²) in [5, 5.41) is 2.64. The third-order valence-corrected chi connectivity index (χ3v) is 6.68. The van der Waals surface area contributed by atoms with Crippen molar-refractivity contribution in [3.63, 3.8) is 0 Å². The summed E-state index contributed by atoms with van der Waals surface area (Å²) in [5.41, 5.74) is 1.58. The van der Waals surface area contributed by atoms with E-state index < -0.39 is 38.2 Å². The molecule has 0 saturated heterocycles. The van der Waals surface area contributed by atoms with Crippen LogP contribution in [0.25, 0.3) is 16.8 Å². The number of hydrogen-bond acceptors (Lipinski definition) is 7. The van der Waals surface area contributed by atoms with Gasteiger partial charge in [0.05, 0.1) is 12.8 Å². The van der Waals surface area contributed by atoms with E-state index in [1.807, 2.05) is 13.8 Å². The van der Waals surface area contributed by atoms with Crippen LogP contribution in [0.15, 0.2) is 53.7 Å². The molecule has 1 amide bonds. The van der Waals surface area contributed by atoms with Crippen molar-refractivity contribution >= 4 is 33.3 Å². The second kappa shape index (κ2) is 11.9. The zero-order chi connectivity index (χ0) is 29.8. The van der Waals surface area contributed by atoms with Crippen molar-refractivity contribution in [2.45, 2.75) is 52.0 Å². The Hall–Kier alpha value is -4.26. The predicted molar refractivity (Wildman–Crippen MR) is 150 cm³/mol. The molecule has 0 fully saturated rings. The minimum Gasteiger partial charge on any atom is -0.480 e. The maximum Gasteiger partial charge on any atom is 0.413 e. The molecule has 2 N–H and O–H groups in total. The number of aromatic nitrogens is 3. The molecular weight excluding hydrogens is 544 g/mol. The Labute approximate surface area is 232 Å². The molecule has 0 spiro atoms. The Kier molecular flexibility index (Phi) is 8.98. The highest BCUT2D eigenvalue weighted by atomic mass is 32.2. The first-order chi connectivity index (χ1) is 18.8. The summed E-state index contributed by atoms with van der Waals surface area (Å²) in [4.78, 5) is 20.1. The highest BCUT2D eigenvalue weighted by molar-refractivity contribution is 7.92. The average molecular weight is 578 g/mol. The van der Waals surface area contributed by atoms with Crippen LogP contribution in [0.1, 0.15) is 41.7 Å². The lowest BCUT2D eigenvalue weighted by Crippen LogP contribution is -2.27. The zero-order valence-electron chi connectivity index (χ0n) is 23.2. The smallest absolute Gasteiger partial charge is 0.413 e. The number of pyridine rings is 2. The highest BCUT2D eigenvalue weighted by Crippen LogP contribution is 2.31. The Morgan fingerprint density at radius 1 is 1.07 bits per heavy atom. The molecule has 0 bridgehead atoms.